The van der Waals surface area contributed by atoms with E-state index < -0.39 is 11.9 Å². The van der Waals surface area contributed by atoms with Crippen LogP contribution in [0.1, 0.15) is 65.1 Å². The van der Waals surface area contributed by atoms with Crippen LogP contribution in [0.5, 0.6) is 0 Å². The third-order valence-corrected chi connectivity index (χ3v) is 9.17. The zero-order chi connectivity index (χ0) is 29.6. The van der Waals surface area contributed by atoms with Gasteiger partial charge in [-0.25, -0.2) is 4.98 Å². The third kappa shape index (κ3) is 7.18. The molecule has 3 N–H and O–H groups in total. The standard InChI is InChI=1S/C32H29Cl2N3O4S/c33-25-14-15-26-29(28(25)34)42-32(36-26)37-31(41)24(22-12-10-21(11-13-22)20-4-2-1-3-5-20)18-19-6-8-23(9-7-19)30(40)35-17-16-27(38)39/h4,6-15,24H,1-3,5,16-18H2,(H,35,40)(H,38,39)(H,36,37,41). The van der Waals surface area contributed by atoms with Gasteiger partial charge in [-0.15, -0.1) is 0 Å². The Labute approximate surface area is 257 Å². The highest BCUT2D eigenvalue weighted by Gasteiger charge is 2.24. The molecule has 3 aromatic carbocycles. The maximum atomic E-state index is 13.8. The molecule has 7 nitrogen and oxygen atoms in total. The number of amides is 2. The van der Waals surface area contributed by atoms with Gasteiger partial charge in [0, 0.05) is 12.1 Å². The lowest BCUT2D eigenvalue weighted by atomic mass is 9.88. The topological polar surface area (TPSA) is 108 Å². The van der Waals surface area contributed by atoms with E-state index in [1.807, 2.05) is 24.3 Å². The Morgan fingerprint density at radius 3 is 2.43 bits per heavy atom. The van der Waals surface area contributed by atoms with Gasteiger partial charge in [0.15, 0.2) is 5.13 Å². The van der Waals surface area contributed by atoms with E-state index in [1.54, 1.807) is 24.3 Å². The number of hydrogen-bond acceptors (Lipinski definition) is 5. The first-order valence-corrected chi connectivity index (χ1v) is 15.3. The van der Waals surface area contributed by atoms with Crippen LogP contribution in [0.4, 0.5) is 5.13 Å². The molecule has 0 aliphatic heterocycles. The molecule has 1 atom stereocenters. The number of carbonyl (C=O) groups is 3. The van der Waals surface area contributed by atoms with Crippen molar-refractivity contribution in [2.75, 3.05) is 11.9 Å². The lowest BCUT2D eigenvalue weighted by Gasteiger charge is -2.18. The highest BCUT2D eigenvalue weighted by atomic mass is 35.5. The number of hydrogen-bond donors (Lipinski definition) is 3. The number of thiazole rings is 1. The summed E-state index contributed by atoms with van der Waals surface area (Å²) >= 11 is 13.8. The van der Waals surface area contributed by atoms with Crippen LogP contribution in [0.2, 0.25) is 10.0 Å². The van der Waals surface area contributed by atoms with Crippen molar-refractivity contribution in [3.05, 3.63) is 99.0 Å². The van der Waals surface area contributed by atoms with Crippen molar-refractivity contribution in [1.29, 1.82) is 0 Å². The first-order valence-electron chi connectivity index (χ1n) is 13.7. The van der Waals surface area contributed by atoms with Crippen LogP contribution in [0.25, 0.3) is 15.8 Å². The minimum Gasteiger partial charge on any atom is -0.481 e. The molecule has 1 unspecified atom stereocenters. The molecule has 1 aliphatic rings. The summed E-state index contributed by atoms with van der Waals surface area (Å²) in [4.78, 5) is 41.4. The zero-order valence-electron chi connectivity index (χ0n) is 22.7. The first-order chi connectivity index (χ1) is 20.3. The molecular formula is C32H29Cl2N3O4S. The molecule has 0 saturated carbocycles. The Kier molecular flexibility index (Phi) is 9.57. The molecule has 0 bridgehead atoms. The molecule has 216 valence electrons. The van der Waals surface area contributed by atoms with Crippen molar-refractivity contribution >= 4 is 73.2 Å². The van der Waals surface area contributed by atoms with Crippen molar-refractivity contribution < 1.29 is 19.5 Å². The van der Waals surface area contributed by atoms with Crippen molar-refractivity contribution in [3.8, 4) is 0 Å². The minimum atomic E-state index is -0.976. The number of carboxylic acid groups (broad SMARTS) is 1. The smallest absolute Gasteiger partial charge is 0.305 e. The van der Waals surface area contributed by atoms with Gasteiger partial charge in [0.1, 0.15) is 0 Å². The van der Waals surface area contributed by atoms with E-state index in [4.69, 9.17) is 28.3 Å². The van der Waals surface area contributed by atoms with Gasteiger partial charge < -0.3 is 15.7 Å². The average Bonchev–Trinajstić information content (AvgIpc) is 3.41. The largest absolute Gasteiger partial charge is 0.481 e. The van der Waals surface area contributed by atoms with Crippen LogP contribution in [-0.4, -0.2) is 34.4 Å². The summed E-state index contributed by atoms with van der Waals surface area (Å²) in [7, 11) is 0. The number of benzene rings is 3. The van der Waals surface area contributed by atoms with Crippen LogP contribution in [0.3, 0.4) is 0 Å². The molecule has 1 aromatic heterocycles. The molecule has 1 aliphatic carbocycles. The quantitative estimate of drug-likeness (QED) is 0.168. The Morgan fingerprint density at radius 2 is 1.74 bits per heavy atom. The van der Waals surface area contributed by atoms with Gasteiger partial charge in [-0.05, 0) is 78.6 Å². The Bertz CT molecular complexity index is 1650. The van der Waals surface area contributed by atoms with Crippen molar-refractivity contribution in [3.63, 3.8) is 0 Å². The summed E-state index contributed by atoms with van der Waals surface area (Å²) in [6.07, 6.45) is 7.10. The SMILES string of the molecule is O=C(O)CCNC(=O)c1ccc(CC(C(=O)Nc2nc3ccc(Cl)c(Cl)c3s2)c2ccc(C3=CCCCC3)cc2)cc1. The molecular weight excluding hydrogens is 593 g/mol. The maximum absolute atomic E-state index is 13.8. The molecule has 4 aromatic rings. The molecule has 10 heteroatoms. The molecule has 0 radical (unpaired) electrons. The molecule has 0 fully saturated rings. The minimum absolute atomic E-state index is 0.0498. The van der Waals surface area contributed by atoms with E-state index in [1.165, 1.54) is 35.3 Å². The normalized spacial score (nSPS) is 13.8. The summed E-state index contributed by atoms with van der Waals surface area (Å²) in [6.45, 7) is 0.0498. The van der Waals surface area contributed by atoms with E-state index >= 15 is 0 Å². The maximum Gasteiger partial charge on any atom is 0.305 e. The molecule has 0 saturated heterocycles. The van der Waals surface area contributed by atoms with E-state index in [0.29, 0.717) is 37.4 Å². The lowest BCUT2D eigenvalue weighted by Crippen LogP contribution is -2.26. The number of carbonyl (C=O) groups excluding carboxylic acids is 2. The van der Waals surface area contributed by atoms with E-state index in [-0.39, 0.29) is 24.8 Å². The molecule has 42 heavy (non-hydrogen) atoms. The second-order valence-corrected chi connectivity index (χ2v) is 12.0. The van der Waals surface area contributed by atoms with Gasteiger partial charge in [0.05, 0.1) is 32.6 Å². The fourth-order valence-corrected chi connectivity index (χ4v) is 6.38. The summed E-state index contributed by atoms with van der Waals surface area (Å²) < 4.78 is 0.707. The van der Waals surface area contributed by atoms with Crippen molar-refractivity contribution in [2.24, 2.45) is 0 Å². The van der Waals surface area contributed by atoms with Gasteiger partial charge >= 0.3 is 5.97 Å². The monoisotopic (exact) mass is 621 g/mol. The summed E-state index contributed by atoms with van der Waals surface area (Å²) in [5.41, 5.74) is 5.33. The molecule has 1 heterocycles. The van der Waals surface area contributed by atoms with Gasteiger partial charge in [0.2, 0.25) is 5.91 Å². The number of anilines is 1. The number of nitrogens with one attached hydrogen (secondary N) is 2. The van der Waals surface area contributed by atoms with Crippen LogP contribution >= 0.6 is 34.5 Å². The van der Waals surface area contributed by atoms with E-state index in [9.17, 15) is 14.4 Å². The zero-order valence-corrected chi connectivity index (χ0v) is 25.0. The number of aromatic nitrogens is 1. The van der Waals surface area contributed by atoms with Crippen molar-refractivity contribution in [2.45, 2.75) is 44.4 Å². The number of carboxylic acids is 1. The van der Waals surface area contributed by atoms with Crippen LogP contribution < -0.4 is 10.6 Å². The predicted molar refractivity (Wildman–Crippen MR) is 169 cm³/mol. The molecule has 2 amide bonds. The highest BCUT2D eigenvalue weighted by molar-refractivity contribution is 7.23. The predicted octanol–water partition coefficient (Wildman–Crippen LogP) is 7.73. The summed E-state index contributed by atoms with van der Waals surface area (Å²) in [6, 6.07) is 18.6. The number of rotatable bonds is 10. The number of halogens is 2. The number of nitrogens with zero attached hydrogens (tertiary/aromatic N) is 1. The fourth-order valence-electron chi connectivity index (χ4n) is 4.99. The number of fused-ring (bicyclic) bond motifs is 1. The highest BCUT2D eigenvalue weighted by Crippen LogP contribution is 2.37. The average molecular weight is 623 g/mol. The van der Waals surface area contributed by atoms with Crippen molar-refractivity contribution in [1.82, 2.24) is 10.3 Å². The first kappa shape index (κ1) is 29.8. The van der Waals surface area contributed by atoms with Gasteiger partial charge in [-0.3, -0.25) is 14.4 Å². The second kappa shape index (κ2) is 13.5. The van der Waals surface area contributed by atoms with Gasteiger partial charge in [0.25, 0.3) is 5.91 Å². The van der Waals surface area contributed by atoms with Crippen LogP contribution in [0.15, 0.2) is 66.7 Å². The Balaban J connectivity index is 1.37. The Morgan fingerprint density at radius 1 is 0.976 bits per heavy atom. The summed E-state index contributed by atoms with van der Waals surface area (Å²) in [5.74, 6) is -2.06. The number of allylic oxidation sites excluding steroid dienone is 2. The van der Waals surface area contributed by atoms with Crippen LogP contribution in [0, 0.1) is 0 Å². The number of aliphatic carboxylic acids is 1. The van der Waals surface area contributed by atoms with E-state index in [0.717, 1.165) is 24.0 Å². The second-order valence-electron chi connectivity index (χ2n) is 10.2. The van der Waals surface area contributed by atoms with Gasteiger partial charge in [-0.1, -0.05) is 77.0 Å². The third-order valence-electron chi connectivity index (χ3n) is 7.25. The fraction of sp³-hybridized carbons (Fsp3) is 0.250. The van der Waals surface area contributed by atoms with Crippen LogP contribution in [-0.2, 0) is 16.0 Å². The molecule has 0 spiro atoms. The van der Waals surface area contributed by atoms with E-state index in [2.05, 4.69) is 33.8 Å². The molecule has 5 rings (SSSR count). The lowest BCUT2D eigenvalue weighted by molar-refractivity contribution is -0.136. The van der Waals surface area contributed by atoms with Gasteiger partial charge in [-0.2, -0.15) is 0 Å². The summed E-state index contributed by atoms with van der Waals surface area (Å²) in [5, 5.41) is 15.6. The Hall–Kier alpha value is -3.72.